The monoisotopic (exact) mass is 437 g/mol. The fraction of sp³-hybridized carbons (Fsp3) is 0.462. The molecule has 1 aliphatic heterocycles. The van der Waals surface area contributed by atoms with E-state index >= 15 is 0 Å². The van der Waals surface area contributed by atoms with Gasteiger partial charge in [0.2, 0.25) is 11.8 Å². The van der Waals surface area contributed by atoms with Crippen molar-refractivity contribution in [1.29, 1.82) is 0 Å². The highest BCUT2D eigenvalue weighted by atomic mass is 19.1. The molecule has 1 aliphatic carbocycles. The van der Waals surface area contributed by atoms with Crippen molar-refractivity contribution >= 4 is 28.9 Å². The molecule has 170 valence electrons. The minimum atomic E-state index is -0.712. The SMILES string of the molecule is Cc1cc(C)c(N2c3ccc(F)cc3NC(=O)C2CC(=O)NC2CCC(C)CC2)c(C)c1. The standard InChI is InChI=1S/C26H32FN3O2/c1-15-5-8-20(9-6-15)28-24(31)14-23-26(32)29-21-13-19(27)7-10-22(21)30(23)25-17(3)11-16(2)12-18(25)4/h7,10-13,15,20,23H,5-6,8-9,14H2,1-4H3,(H,28,31)(H,29,32). The minimum absolute atomic E-state index is 0.0431. The zero-order valence-corrected chi connectivity index (χ0v) is 19.3. The van der Waals surface area contributed by atoms with E-state index in [1.807, 2.05) is 25.7 Å². The Bertz CT molecular complexity index is 1020. The molecule has 32 heavy (non-hydrogen) atoms. The first-order valence-corrected chi connectivity index (χ1v) is 11.5. The van der Waals surface area contributed by atoms with Crippen LogP contribution in [0.25, 0.3) is 0 Å². The molecule has 5 nitrogen and oxygen atoms in total. The fourth-order valence-electron chi connectivity index (χ4n) is 5.20. The zero-order valence-electron chi connectivity index (χ0n) is 19.3. The van der Waals surface area contributed by atoms with Crippen LogP contribution in [-0.4, -0.2) is 23.9 Å². The van der Waals surface area contributed by atoms with Crippen LogP contribution in [0.4, 0.5) is 21.5 Å². The van der Waals surface area contributed by atoms with Gasteiger partial charge in [-0.25, -0.2) is 4.39 Å². The number of hydrogen-bond donors (Lipinski definition) is 2. The van der Waals surface area contributed by atoms with E-state index in [4.69, 9.17) is 0 Å². The van der Waals surface area contributed by atoms with Crippen LogP contribution in [0, 0.1) is 32.5 Å². The van der Waals surface area contributed by atoms with Crippen molar-refractivity contribution in [2.75, 3.05) is 10.2 Å². The van der Waals surface area contributed by atoms with Gasteiger partial charge in [-0.15, -0.1) is 0 Å². The molecule has 2 aliphatic rings. The van der Waals surface area contributed by atoms with Crippen LogP contribution < -0.4 is 15.5 Å². The Labute approximate surface area is 189 Å². The number of nitrogens with zero attached hydrogens (tertiary/aromatic N) is 1. The van der Waals surface area contributed by atoms with Gasteiger partial charge in [-0.3, -0.25) is 9.59 Å². The summed E-state index contributed by atoms with van der Waals surface area (Å²) < 4.78 is 13.9. The number of aryl methyl sites for hydroxylation is 3. The van der Waals surface area contributed by atoms with Gasteiger partial charge in [0.25, 0.3) is 0 Å². The first kappa shape index (κ1) is 22.3. The third kappa shape index (κ3) is 4.50. The Morgan fingerprint density at radius 3 is 2.41 bits per heavy atom. The summed E-state index contributed by atoms with van der Waals surface area (Å²) in [5.41, 5.74) is 5.17. The summed E-state index contributed by atoms with van der Waals surface area (Å²) in [7, 11) is 0. The number of rotatable bonds is 4. The third-order valence-electron chi connectivity index (χ3n) is 6.73. The number of amides is 2. The number of benzene rings is 2. The van der Waals surface area contributed by atoms with E-state index in [1.54, 1.807) is 6.07 Å². The number of fused-ring (bicyclic) bond motifs is 1. The highest BCUT2D eigenvalue weighted by Gasteiger charge is 2.37. The fourth-order valence-corrected chi connectivity index (χ4v) is 5.20. The first-order valence-electron chi connectivity index (χ1n) is 11.5. The smallest absolute Gasteiger partial charge is 0.248 e. The van der Waals surface area contributed by atoms with E-state index in [0.29, 0.717) is 17.3 Å². The van der Waals surface area contributed by atoms with Gasteiger partial charge in [0.05, 0.1) is 17.8 Å². The van der Waals surface area contributed by atoms with Crippen LogP contribution in [-0.2, 0) is 9.59 Å². The molecule has 2 aromatic rings. The Kier molecular flexibility index (Phi) is 6.22. The maximum Gasteiger partial charge on any atom is 0.248 e. The number of hydrogen-bond acceptors (Lipinski definition) is 3. The average Bonchev–Trinajstić information content (AvgIpc) is 2.71. The van der Waals surface area contributed by atoms with Crippen LogP contribution in [0.3, 0.4) is 0 Å². The van der Waals surface area contributed by atoms with E-state index in [0.717, 1.165) is 48.1 Å². The van der Waals surface area contributed by atoms with Crippen molar-refractivity contribution < 1.29 is 14.0 Å². The summed E-state index contributed by atoms with van der Waals surface area (Å²) in [4.78, 5) is 28.1. The Balaban J connectivity index is 1.67. The van der Waals surface area contributed by atoms with E-state index in [2.05, 4.69) is 29.7 Å². The molecule has 1 unspecified atom stereocenters. The largest absolute Gasteiger partial charge is 0.353 e. The van der Waals surface area contributed by atoms with Crippen molar-refractivity contribution in [3.8, 4) is 0 Å². The summed E-state index contributed by atoms with van der Waals surface area (Å²) in [6.07, 6.45) is 4.22. The predicted molar refractivity (Wildman–Crippen MR) is 126 cm³/mol. The van der Waals surface area contributed by atoms with Crippen molar-refractivity contribution in [3.05, 3.63) is 52.8 Å². The summed E-state index contributed by atoms with van der Waals surface area (Å²) in [5, 5.41) is 5.96. The van der Waals surface area contributed by atoms with Crippen LogP contribution in [0.1, 0.15) is 55.7 Å². The third-order valence-corrected chi connectivity index (χ3v) is 6.73. The molecule has 1 saturated carbocycles. The lowest BCUT2D eigenvalue weighted by Crippen LogP contribution is -2.49. The Morgan fingerprint density at radius 2 is 1.75 bits per heavy atom. The molecule has 2 amide bonds. The lowest BCUT2D eigenvalue weighted by molar-refractivity contribution is -0.126. The predicted octanol–water partition coefficient (Wildman–Crippen LogP) is 5.29. The normalized spacial score (nSPS) is 22.8. The topological polar surface area (TPSA) is 61.4 Å². The van der Waals surface area contributed by atoms with Crippen LogP contribution in [0.2, 0.25) is 0 Å². The summed E-state index contributed by atoms with van der Waals surface area (Å²) in [6, 6.07) is 7.99. The quantitative estimate of drug-likeness (QED) is 0.683. The molecule has 1 heterocycles. The molecular weight excluding hydrogens is 405 g/mol. The molecule has 2 aromatic carbocycles. The number of halogens is 1. The summed E-state index contributed by atoms with van der Waals surface area (Å²) in [6.45, 7) is 8.29. The van der Waals surface area contributed by atoms with E-state index in [-0.39, 0.29) is 24.3 Å². The molecular formula is C26H32FN3O2. The summed E-state index contributed by atoms with van der Waals surface area (Å²) >= 11 is 0. The van der Waals surface area contributed by atoms with Gasteiger partial charge in [0.15, 0.2) is 0 Å². The van der Waals surface area contributed by atoms with E-state index in [9.17, 15) is 14.0 Å². The number of carbonyl (C=O) groups is 2. The van der Waals surface area contributed by atoms with E-state index in [1.165, 1.54) is 12.1 Å². The molecule has 4 rings (SSSR count). The van der Waals surface area contributed by atoms with Gasteiger partial charge in [-0.1, -0.05) is 24.6 Å². The molecule has 0 aromatic heterocycles. The van der Waals surface area contributed by atoms with Gasteiger partial charge in [-0.05, 0) is 81.7 Å². The van der Waals surface area contributed by atoms with Crippen molar-refractivity contribution in [1.82, 2.24) is 5.32 Å². The number of nitrogens with one attached hydrogen (secondary N) is 2. The van der Waals surface area contributed by atoms with Gasteiger partial charge < -0.3 is 15.5 Å². The molecule has 6 heteroatoms. The van der Waals surface area contributed by atoms with Gasteiger partial charge >= 0.3 is 0 Å². The molecule has 0 saturated heterocycles. The Hall–Kier alpha value is -2.89. The highest BCUT2D eigenvalue weighted by Crippen LogP contribution is 2.42. The first-order chi connectivity index (χ1) is 15.2. The second-order valence-electron chi connectivity index (χ2n) is 9.51. The average molecular weight is 438 g/mol. The van der Waals surface area contributed by atoms with Crippen LogP contribution >= 0.6 is 0 Å². The highest BCUT2D eigenvalue weighted by molar-refractivity contribution is 6.07. The van der Waals surface area contributed by atoms with Gasteiger partial charge in [-0.2, -0.15) is 0 Å². The van der Waals surface area contributed by atoms with Crippen LogP contribution in [0.15, 0.2) is 30.3 Å². The van der Waals surface area contributed by atoms with Crippen molar-refractivity contribution in [2.24, 2.45) is 5.92 Å². The summed E-state index contributed by atoms with van der Waals surface area (Å²) in [5.74, 6) is -0.131. The van der Waals surface area contributed by atoms with Crippen molar-refractivity contribution in [3.63, 3.8) is 0 Å². The number of carbonyl (C=O) groups excluding carboxylic acids is 2. The molecule has 1 atom stereocenters. The zero-order chi connectivity index (χ0) is 23.0. The van der Waals surface area contributed by atoms with Crippen LogP contribution in [0.5, 0.6) is 0 Å². The van der Waals surface area contributed by atoms with E-state index < -0.39 is 11.9 Å². The second-order valence-corrected chi connectivity index (χ2v) is 9.51. The Morgan fingerprint density at radius 1 is 1.09 bits per heavy atom. The molecule has 1 fully saturated rings. The van der Waals surface area contributed by atoms with Crippen molar-refractivity contribution in [2.45, 2.75) is 71.9 Å². The molecule has 0 radical (unpaired) electrons. The molecule has 2 N–H and O–H groups in total. The van der Waals surface area contributed by atoms with Gasteiger partial charge in [0, 0.05) is 11.7 Å². The lowest BCUT2D eigenvalue weighted by Gasteiger charge is -2.39. The minimum Gasteiger partial charge on any atom is -0.353 e. The second kappa shape index (κ2) is 8.93. The maximum absolute atomic E-state index is 13.9. The van der Waals surface area contributed by atoms with Gasteiger partial charge in [0.1, 0.15) is 11.9 Å². The molecule has 0 bridgehead atoms. The number of anilines is 3. The maximum atomic E-state index is 13.9. The lowest BCUT2D eigenvalue weighted by atomic mass is 9.87. The molecule has 0 spiro atoms.